The van der Waals surface area contributed by atoms with E-state index in [9.17, 15) is 19.2 Å². The maximum Gasteiger partial charge on any atom is 0.411 e. The number of ether oxygens (including phenoxy) is 2. The summed E-state index contributed by atoms with van der Waals surface area (Å²) >= 11 is 0. The molecule has 32 heavy (non-hydrogen) atoms. The molecule has 0 radical (unpaired) electrons. The molecule has 0 aromatic heterocycles. The van der Waals surface area contributed by atoms with E-state index in [0.717, 1.165) is 0 Å². The molecule has 10 heteroatoms. The second kappa shape index (κ2) is 10.4. The van der Waals surface area contributed by atoms with Gasteiger partial charge in [-0.15, -0.1) is 0 Å². The van der Waals surface area contributed by atoms with Crippen molar-refractivity contribution in [2.75, 3.05) is 13.1 Å². The Bertz CT molecular complexity index is 650. The Morgan fingerprint density at radius 1 is 0.688 bits per heavy atom. The van der Waals surface area contributed by atoms with Crippen molar-refractivity contribution in [1.82, 2.24) is 9.80 Å². The molecule has 0 unspecified atom stereocenters. The number of rotatable bonds is 2. The number of hydrogen-bond acceptors (Lipinski definition) is 6. The number of carbonyl (C=O) groups is 4. The Hall–Kier alpha value is -2.52. The van der Waals surface area contributed by atoms with Crippen LogP contribution in [0, 0.1) is 11.8 Å². The number of carbonyl (C=O) groups excluding carboxylic acids is 2. The third-order valence-electron chi connectivity index (χ3n) is 5.16. The molecule has 184 valence electrons. The van der Waals surface area contributed by atoms with Crippen molar-refractivity contribution in [1.29, 1.82) is 0 Å². The standard InChI is InChI=1S/2C11H19NO4/c2*1-7-5-6-12(8(7)9(13)14)10(15)16-11(2,3)4/h2*7-8H,5-6H2,1-4H3,(H,13,14)/t2*7-,8+/m10/s1. The number of aliphatic carboxylic acids is 2. The average Bonchev–Trinajstić information content (AvgIpc) is 3.15. The Balaban J connectivity index is 0.000000320. The van der Waals surface area contributed by atoms with Crippen LogP contribution in [-0.2, 0) is 19.1 Å². The van der Waals surface area contributed by atoms with Gasteiger partial charge in [0.05, 0.1) is 0 Å². The minimum Gasteiger partial charge on any atom is -0.480 e. The fourth-order valence-electron chi connectivity index (χ4n) is 3.70. The van der Waals surface area contributed by atoms with E-state index in [1.165, 1.54) is 9.80 Å². The zero-order valence-corrected chi connectivity index (χ0v) is 20.4. The maximum absolute atomic E-state index is 11.8. The van der Waals surface area contributed by atoms with E-state index in [2.05, 4.69) is 0 Å². The van der Waals surface area contributed by atoms with E-state index in [1.54, 1.807) is 41.5 Å². The normalized spacial score (nSPS) is 25.6. The molecular formula is C22H38N2O8. The highest BCUT2D eigenvalue weighted by molar-refractivity contribution is 5.81. The highest BCUT2D eigenvalue weighted by Crippen LogP contribution is 2.27. The number of nitrogens with zero attached hydrogens (tertiary/aromatic N) is 2. The van der Waals surface area contributed by atoms with Crippen molar-refractivity contribution in [3.8, 4) is 0 Å². The first kappa shape index (κ1) is 27.5. The van der Waals surface area contributed by atoms with Crippen LogP contribution >= 0.6 is 0 Å². The molecule has 2 N–H and O–H groups in total. The Morgan fingerprint density at radius 3 is 1.19 bits per heavy atom. The molecule has 0 spiro atoms. The smallest absolute Gasteiger partial charge is 0.411 e. The summed E-state index contributed by atoms with van der Waals surface area (Å²) in [5.74, 6) is -1.97. The molecule has 2 rings (SSSR count). The highest BCUT2D eigenvalue weighted by Gasteiger charge is 2.42. The van der Waals surface area contributed by atoms with Gasteiger partial charge in [-0.3, -0.25) is 9.80 Å². The van der Waals surface area contributed by atoms with Crippen LogP contribution in [0.1, 0.15) is 68.2 Å². The fraction of sp³-hybridized carbons (Fsp3) is 0.818. The van der Waals surface area contributed by atoms with Crippen molar-refractivity contribution in [3.63, 3.8) is 0 Å². The molecule has 2 aliphatic rings. The van der Waals surface area contributed by atoms with Gasteiger partial charge in [-0.2, -0.15) is 0 Å². The second-order valence-corrected chi connectivity index (χ2v) is 10.4. The van der Waals surface area contributed by atoms with Gasteiger partial charge in [-0.05, 0) is 66.2 Å². The number of hydrogen-bond donors (Lipinski definition) is 2. The molecule has 0 saturated carbocycles. The minimum atomic E-state index is -0.962. The van der Waals surface area contributed by atoms with Gasteiger partial charge in [0.15, 0.2) is 0 Å². The van der Waals surface area contributed by atoms with Gasteiger partial charge < -0.3 is 19.7 Å². The third kappa shape index (κ3) is 7.87. The lowest BCUT2D eigenvalue weighted by molar-refractivity contribution is -0.144. The molecule has 2 saturated heterocycles. The zero-order chi connectivity index (χ0) is 25.0. The molecule has 2 fully saturated rings. The van der Waals surface area contributed by atoms with Crippen molar-refractivity contribution >= 4 is 24.1 Å². The van der Waals surface area contributed by atoms with E-state index in [1.807, 2.05) is 13.8 Å². The first-order valence-electron chi connectivity index (χ1n) is 10.9. The predicted molar refractivity (Wildman–Crippen MR) is 116 cm³/mol. The van der Waals surface area contributed by atoms with Crippen LogP contribution in [0.4, 0.5) is 9.59 Å². The van der Waals surface area contributed by atoms with Crippen LogP contribution in [-0.4, -0.2) is 80.5 Å². The van der Waals surface area contributed by atoms with Crippen LogP contribution in [0.3, 0.4) is 0 Å². The van der Waals surface area contributed by atoms with E-state index in [-0.39, 0.29) is 11.8 Å². The van der Waals surface area contributed by atoms with Crippen LogP contribution < -0.4 is 0 Å². The Labute approximate surface area is 189 Å². The first-order chi connectivity index (χ1) is 14.4. The summed E-state index contributed by atoms with van der Waals surface area (Å²) in [7, 11) is 0. The lowest BCUT2D eigenvalue weighted by Crippen LogP contribution is -2.45. The highest BCUT2D eigenvalue weighted by atomic mass is 16.6. The summed E-state index contributed by atoms with van der Waals surface area (Å²) in [4.78, 5) is 48.2. The number of likely N-dealkylation sites (tertiary alicyclic amines) is 2. The average molecular weight is 459 g/mol. The fourth-order valence-corrected chi connectivity index (χ4v) is 3.70. The Kier molecular flexibility index (Phi) is 8.94. The summed E-state index contributed by atoms with van der Waals surface area (Å²) < 4.78 is 10.3. The van der Waals surface area contributed by atoms with Crippen molar-refractivity contribution in [2.45, 2.75) is 91.5 Å². The summed E-state index contributed by atoms with van der Waals surface area (Å²) in [5, 5.41) is 18.1. The molecule has 0 aromatic carbocycles. The molecular weight excluding hydrogens is 420 g/mol. The van der Waals surface area contributed by atoms with Gasteiger partial charge in [-0.25, -0.2) is 19.2 Å². The number of carboxylic acids is 2. The zero-order valence-electron chi connectivity index (χ0n) is 20.4. The summed E-state index contributed by atoms with van der Waals surface area (Å²) in [5.41, 5.74) is -1.18. The van der Waals surface area contributed by atoms with E-state index < -0.39 is 47.4 Å². The van der Waals surface area contributed by atoms with Crippen molar-refractivity contribution in [3.05, 3.63) is 0 Å². The molecule has 0 aromatic rings. The molecule has 2 heterocycles. The summed E-state index contributed by atoms with van der Waals surface area (Å²) in [6, 6.07) is -1.51. The largest absolute Gasteiger partial charge is 0.480 e. The lowest BCUT2D eigenvalue weighted by atomic mass is 10.0. The van der Waals surface area contributed by atoms with Crippen LogP contribution in [0.15, 0.2) is 0 Å². The van der Waals surface area contributed by atoms with Gasteiger partial charge in [0.2, 0.25) is 0 Å². The van der Waals surface area contributed by atoms with E-state index in [0.29, 0.717) is 25.9 Å². The van der Waals surface area contributed by atoms with Gasteiger partial charge in [-0.1, -0.05) is 13.8 Å². The van der Waals surface area contributed by atoms with Gasteiger partial charge in [0.1, 0.15) is 23.3 Å². The molecule has 4 atom stereocenters. The van der Waals surface area contributed by atoms with Crippen LogP contribution in [0.5, 0.6) is 0 Å². The van der Waals surface area contributed by atoms with Gasteiger partial charge >= 0.3 is 24.1 Å². The SMILES string of the molecule is C[C@@H]1CCN(C(=O)OC(C)(C)C)[C@@H]1C(=O)O.C[C@H]1CCN(C(=O)OC(C)(C)C)[C@H]1C(=O)O. The number of amides is 2. The van der Waals surface area contributed by atoms with Gasteiger partial charge in [0.25, 0.3) is 0 Å². The van der Waals surface area contributed by atoms with Crippen LogP contribution in [0.25, 0.3) is 0 Å². The summed E-state index contributed by atoms with van der Waals surface area (Å²) in [6.45, 7) is 15.2. The van der Waals surface area contributed by atoms with Crippen molar-refractivity contribution < 1.29 is 38.9 Å². The van der Waals surface area contributed by atoms with Gasteiger partial charge in [0, 0.05) is 13.1 Å². The minimum absolute atomic E-state index is 0.0231. The monoisotopic (exact) mass is 458 g/mol. The molecule has 10 nitrogen and oxygen atoms in total. The van der Waals surface area contributed by atoms with Crippen LogP contribution in [0.2, 0.25) is 0 Å². The number of carboxylic acid groups (broad SMARTS) is 2. The molecule has 2 amide bonds. The van der Waals surface area contributed by atoms with E-state index >= 15 is 0 Å². The third-order valence-corrected chi connectivity index (χ3v) is 5.16. The molecule has 0 aliphatic carbocycles. The molecule has 2 aliphatic heterocycles. The quantitative estimate of drug-likeness (QED) is 0.643. The van der Waals surface area contributed by atoms with E-state index in [4.69, 9.17) is 19.7 Å². The summed E-state index contributed by atoms with van der Waals surface area (Å²) in [6.07, 6.45) is 0.334. The molecule has 0 bridgehead atoms. The topological polar surface area (TPSA) is 134 Å². The Morgan fingerprint density at radius 2 is 0.969 bits per heavy atom. The predicted octanol–water partition coefficient (Wildman–Crippen LogP) is 3.43. The first-order valence-corrected chi connectivity index (χ1v) is 10.9. The lowest BCUT2D eigenvalue weighted by Gasteiger charge is -2.27. The maximum atomic E-state index is 11.8. The second-order valence-electron chi connectivity index (χ2n) is 10.4. The van der Waals surface area contributed by atoms with Crippen molar-refractivity contribution in [2.24, 2.45) is 11.8 Å².